The van der Waals surface area contributed by atoms with E-state index in [4.69, 9.17) is 9.79 Å². The zero-order valence-electron chi connectivity index (χ0n) is 12.3. The lowest BCUT2D eigenvalue weighted by atomic mass is 10.1. The summed E-state index contributed by atoms with van der Waals surface area (Å²) in [5, 5.41) is 20.0. The van der Waals surface area contributed by atoms with Crippen LogP contribution in [-0.4, -0.2) is 41.6 Å². The molecule has 0 aliphatic rings. The van der Waals surface area contributed by atoms with E-state index >= 15 is 0 Å². The lowest BCUT2D eigenvalue weighted by Gasteiger charge is -2.12. The van der Waals surface area contributed by atoms with Crippen molar-refractivity contribution in [2.24, 2.45) is 0 Å². The highest BCUT2D eigenvalue weighted by Gasteiger charge is 2.26. The Bertz CT molecular complexity index is 603. The first-order valence-electron chi connectivity index (χ1n) is 6.12. The summed E-state index contributed by atoms with van der Waals surface area (Å²) in [6.07, 6.45) is 2.59. The molecular weight excluding hydrogens is 299 g/mol. The molecule has 0 fully saturated rings. The van der Waals surface area contributed by atoms with E-state index in [9.17, 15) is 14.9 Å². The van der Waals surface area contributed by atoms with Gasteiger partial charge in [-0.1, -0.05) is 0 Å². The molecule has 0 unspecified atom stereocenters. The number of hydrogen-bond donors (Lipinski definition) is 4. The zero-order chi connectivity index (χ0) is 16.4. The fraction of sp³-hybridized carbons (Fsp3) is 0.500. The normalized spacial score (nSPS) is 13.5. The highest BCUT2D eigenvalue weighted by atomic mass is 31.2. The van der Waals surface area contributed by atoms with Crippen molar-refractivity contribution in [3.63, 3.8) is 0 Å². The number of aromatic nitrogens is 1. The number of hydroxylamine groups is 1. The van der Waals surface area contributed by atoms with E-state index in [2.05, 4.69) is 9.51 Å². The van der Waals surface area contributed by atoms with Gasteiger partial charge in [0.05, 0.1) is 17.9 Å². The Balaban J connectivity index is 3.28. The van der Waals surface area contributed by atoms with Crippen molar-refractivity contribution < 1.29 is 33.9 Å². The Morgan fingerprint density at radius 1 is 1.43 bits per heavy atom. The molecule has 0 saturated carbocycles. The van der Waals surface area contributed by atoms with Gasteiger partial charge in [-0.25, -0.2) is 4.57 Å². The predicted octanol–water partition coefficient (Wildman–Crippen LogP) is 1.32. The van der Waals surface area contributed by atoms with Gasteiger partial charge in [-0.3, -0.25) is 14.7 Å². The molecule has 9 heteroatoms. The van der Waals surface area contributed by atoms with Crippen molar-refractivity contribution in [3.05, 3.63) is 23.0 Å². The smallest absolute Gasteiger partial charge is 0.469 e. The molecule has 0 atom stereocenters. The number of aryl methyl sites for hydroxylation is 1. The Morgan fingerprint density at radius 3 is 2.48 bits per heavy atom. The summed E-state index contributed by atoms with van der Waals surface area (Å²) in [6, 6.07) is 0. The van der Waals surface area contributed by atoms with Crippen molar-refractivity contribution >= 4 is 14.0 Å². The molecule has 0 amide bonds. The molecule has 0 aromatic carbocycles. The fourth-order valence-electron chi connectivity index (χ4n) is 1.38. The van der Waals surface area contributed by atoms with Gasteiger partial charge in [-0.2, -0.15) is 0 Å². The van der Waals surface area contributed by atoms with Gasteiger partial charge in [0.2, 0.25) is 11.8 Å². The average molecular weight is 319 g/mol. The standard InChI is InChI=1S/C12H19N2O6P/c1-8-11(15)10(6-14(16)12(2,3)4)9(5-13-8)7-20-21(17,18)19/h5-6,16H,7H2,1-4H3,(H2,17,18,19)/p+1. The van der Waals surface area contributed by atoms with E-state index in [1.54, 1.807) is 27.7 Å². The highest BCUT2D eigenvalue weighted by molar-refractivity contribution is 7.46. The third kappa shape index (κ3) is 5.09. The number of nitrogens with zero attached hydrogens (tertiary/aromatic N) is 2. The summed E-state index contributed by atoms with van der Waals surface area (Å²) in [5.41, 5.74) is 0.131. The van der Waals surface area contributed by atoms with Crippen LogP contribution in [0.3, 0.4) is 0 Å². The second-order valence-corrected chi connectivity index (χ2v) is 6.78. The summed E-state index contributed by atoms with van der Waals surface area (Å²) in [7, 11) is -4.64. The minimum absolute atomic E-state index is 0.188. The van der Waals surface area contributed by atoms with E-state index in [1.807, 2.05) is 0 Å². The third-order valence-corrected chi connectivity index (χ3v) is 3.15. The van der Waals surface area contributed by atoms with Crippen LogP contribution in [0.4, 0.5) is 0 Å². The molecule has 0 radical (unpaired) electrons. The first-order chi connectivity index (χ1) is 9.42. The van der Waals surface area contributed by atoms with Crippen molar-refractivity contribution in [1.82, 2.24) is 4.98 Å². The third-order valence-electron chi connectivity index (χ3n) is 2.68. The molecule has 0 aliphatic carbocycles. The number of phosphoric ester groups is 1. The van der Waals surface area contributed by atoms with Gasteiger partial charge >= 0.3 is 7.82 Å². The van der Waals surface area contributed by atoms with Crippen LogP contribution >= 0.6 is 7.82 Å². The van der Waals surface area contributed by atoms with Gasteiger partial charge in [-0.05, 0) is 11.7 Å². The molecule has 1 rings (SSSR count). The van der Waals surface area contributed by atoms with Crippen molar-refractivity contribution in [2.45, 2.75) is 39.8 Å². The topological polar surface area (TPSA) is 123 Å². The Morgan fingerprint density at radius 2 is 2.00 bits per heavy atom. The van der Waals surface area contributed by atoms with Crippen LogP contribution in [-0.2, 0) is 15.7 Å². The van der Waals surface area contributed by atoms with E-state index < -0.39 is 20.0 Å². The van der Waals surface area contributed by atoms with Crippen LogP contribution in [0.25, 0.3) is 0 Å². The molecule has 118 valence electrons. The summed E-state index contributed by atoms with van der Waals surface area (Å²) in [6.45, 7) is 6.37. The van der Waals surface area contributed by atoms with Crippen molar-refractivity contribution in [2.75, 3.05) is 0 Å². The minimum Gasteiger partial charge on any atom is -0.505 e. The molecular formula is C12H20N2O6P+. The van der Waals surface area contributed by atoms with Crippen LogP contribution in [0.2, 0.25) is 0 Å². The molecule has 0 aliphatic heterocycles. The lowest BCUT2D eigenvalue weighted by Crippen LogP contribution is -2.31. The largest absolute Gasteiger partial charge is 0.505 e. The number of pyridine rings is 1. The first-order valence-corrected chi connectivity index (χ1v) is 7.65. The lowest BCUT2D eigenvalue weighted by molar-refractivity contribution is -0.816. The van der Waals surface area contributed by atoms with E-state index in [-0.39, 0.29) is 16.9 Å². The average Bonchev–Trinajstić information content (AvgIpc) is 2.31. The van der Waals surface area contributed by atoms with Gasteiger partial charge in [0.15, 0.2) is 5.75 Å². The fourth-order valence-corrected chi connectivity index (χ4v) is 1.69. The molecule has 0 bridgehead atoms. The molecule has 21 heavy (non-hydrogen) atoms. The van der Waals surface area contributed by atoms with Crippen molar-refractivity contribution in [1.29, 1.82) is 0 Å². The van der Waals surface area contributed by atoms with Crippen LogP contribution in [0.15, 0.2) is 6.20 Å². The molecule has 1 aromatic heterocycles. The number of rotatable bonds is 4. The minimum atomic E-state index is -4.64. The van der Waals surface area contributed by atoms with E-state index in [1.165, 1.54) is 12.4 Å². The number of hydrogen-bond acceptors (Lipinski definition) is 5. The summed E-state index contributed by atoms with van der Waals surface area (Å²) >= 11 is 0. The van der Waals surface area contributed by atoms with Crippen LogP contribution in [0.5, 0.6) is 5.75 Å². The predicted molar refractivity (Wildman–Crippen MR) is 74.4 cm³/mol. The molecule has 1 aromatic rings. The van der Waals surface area contributed by atoms with Gasteiger partial charge in [-0.15, -0.1) is 0 Å². The van der Waals surface area contributed by atoms with E-state index in [0.717, 1.165) is 4.74 Å². The van der Waals surface area contributed by atoms with Gasteiger partial charge < -0.3 is 14.9 Å². The molecule has 1 heterocycles. The molecule has 0 saturated heterocycles. The Labute approximate surface area is 122 Å². The Kier molecular flexibility index (Phi) is 5.11. The number of phosphoric acid groups is 1. The molecule has 8 nitrogen and oxygen atoms in total. The molecule has 0 spiro atoms. The first kappa shape index (κ1) is 17.6. The second-order valence-electron chi connectivity index (χ2n) is 5.54. The maximum Gasteiger partial charge on any atom is 0.469 e. The molecule has 4 N–H and O–H groups in total. The maximum atomic E-state index is 10.8. The van der Waals surface area contributed by atoms with Crippen LogP contribution in [0, 0.1) is 6.92 Å². The highest BCUT2D eigenvalue weighted by Crippen LogP contribution is 2.37. The maximum absolute atomic E-state index is 10.8. The monoisotopic (exact) mass is 319 g/mol. The second kappa shape index (κ2) is 6.11. The van der Waals surface area contributed by atoms with Crippen LogP contribution < -0.4 is 0 Å². The van der Waals surface area contributed by atoms with E-state index in [0.29, 0.717) is 5.69 Å². The summed E-state index contributed by atoms with van der Waals surface area (Å²) in [5.74, 6) is -0.190. The number of aromatic hydroxyl groups is 1. The summed E-state index contributed by atoms with van der Waals surface area (Å²) in [4.78, 5) is 21.4. The van der Waals surface area contributed by atoms with Gasteiger partial charge in [0, 0.05) is 32.5 Å². The Hall–Kier alpha value is -1.47. The SMILES string of the molecule is Cc1ncc(COP(=O)(O)O)c(C=[N+](O)C(C)(C)C)c1O. The van der Waals surface area contributed by atoms with Gasteiger partial charge in [0.25, 0.3) is 0 Å². The van der Waals surface area contributed by atoms with Crippen LogP contribution in [0.1, 0.15) is 37.6 Å². The van der Waals surface area contributed by atoms with Crippen molar-refractivity contribution in [3.8, 4) is 5.75 Å². The zero-order valence-corrected chi connectivity index (χ0v) is 13.2. The quantitative estimate of drug-likeness (QED) is 0.217. The summed E-state index contributed by atoms with van der Waals surface area (Å²) < 4.78 is 16.1. The van der Waals surface area contributed by atoms with Gasteiger partial charge in [0.1, 0.15) is 0 Å².